The van der Waals surface area contributed by atoms with Crippen molar-refractivity contribution in [2.24, 2.45) is 5.92 Å². The topological polar surface area (TPSA) is 37.3 Å². The number of hydrogen-bond acceptors (Lipinski definition) is 2. The van der Waals surface area contributed by atoms with Crippen LogP contribution in [0.4, 0.5) is 0 Å². The highest BCUT2D eigenvalue weighted by molar-refractivity contribution is 7.99. The molecule has 1 aromatic rings. The van der Waals surface area contributed by atoms with Gasteiger partial charge in [0, 0.05) is 5.75 Å². The molecular weight excluding hydrogens is 316 g/mol. The smallest absolute Gasteiger partial charge is 0.311 e. The predicted octanol–water partition coefficient (Wildman–Crippen LogP) is 6.36. The van der Waals surface area contributed by atoms with E-state index in [0.717, 1.165) is 17.2 Å². The van der Waals surface area contributed by atoms with Crippen molar-refractivity contribution in [3.63, 3.8) is 0 Å². The molecule has 0 aliphatic heterocycles. The predicted molar refractivity (Wildman–Crippen MR) is 106 cm³/mol. The summed E-state index contributed by atoms with van der Waals surface area (Å²) in [7, 11) is 0. The van der Waals surface area contributed by atoms with Crippen LogP contribution >= 0.6 is 11.8 Å². The lowest BCUT2D eigenvalue weighted by Gasteiger charge is -2.17. The number of thioether (sulfide) groups is 1. The van der Waals surface area contributed by atoms with Crippen LogP contribution in [0.5, 0.6) is 0 Å². The van der Waals surface area contributed by atoms with Crippen molar-refractivity contribution >= 4 is 17.7 Å². The number of carbonyl (C=O) groups is 1. The number of carboxylic acid groups (broad SMARTS) is 1. The normalized spacial score (nSPS) is 13.6. The van der Waals surface area contributed by atoms with Crippen molar-refractivity contribution in [3.05, 3.63) is 35.9 Å². The first kappa shape index (κ1) is 21.1. The van der Waals surface area contributed by atoms with Crippen LogP contribution in [0.15, 0.2) is 30.3 Å². The minimum absolute atomic E-state index is 0.384. The first-order valence-electron chi connectivity index (χ1n) is 9.54. The summed E-state index contributed by atoms with van der Waals surface area (Å²) in [6, 6.07) is 9.63. The van der Waals surface area contributed by atoms with Gasteiger partial charge in [0.05, 0.1) is 5.92 Å². The Kier molecular flexibility index (Phi) is 11.7. The highest BCUT2D eigenvalue weighted by atomic mass is 32.2. The number of hydrogen-bond donors (Lipinski definition) is 1. The molecule has 2 atom stereocenters. The third-order valence-electron chi connectivity index (χ3n) is 4.64. The Labute approximate surface area is 152 Å². The van der Waals surface area contributed by atoms with Gasteiger partial charge < -0.3 is 5.11 Å². The molecule has 1 N–H and O–H groups in total. The maximum Gasteiger partial charge on any atom is 0.311 e. The first-order chi connectivity index (χ1) is 11.7. The van der Waals surface area contributed by atoms with E-state index in [1.165, 1.54) is 51.4 Å². The highest BCUT2D eigenvalue weighted by Crippen LogP contribution is 2.25. The fourth-order valence-electron chi connectivity index (χ4n) is 3.06. The van der Waals surface area contributed by atoms with Gasteiger partial charge in [-0.15, -0.1) is 0 Å². The molecule has 0 heterocycles. The molecule has 0 bridgehead atoms. The Morgan fingerprint density at radius 3 is 2.29 bits per heavy atom. The van der Waals surface area contributed by atoms with E-state index in [0.29, 0.717) is 5.75 Å². The monoisotopic (exact) mass is 350 g/mol. The zero-order chi connectivity index (χ0) is 17.6. The first-order valence-corrected chi connectivity index (χ1v) is 10.7. The van der Waals surface area contributed by atoms with E-state index in [4.69, 9.17) is 0 Å². The van der Waals surface area contributed by atoms with Gasteiger partial charge >= 0.3 is 5.97 Å². The second kappa shape index (κ2) is 13.3. The molecule has 3 heteroatoms. The molecule has 0 saturated heterocycles. The maximum atomic E-state index is 11.5. The van der Waals surface area contributed by atoms with Crippen LogP contribution in [0.3, 0.4) is 0 Å². The number of aliphatic carboxylic acids is 1. The quantitative estimate of drug-likeness (QED) is 0.396. The van der Waals surface area contributed by atoms with Crippen LogP contribution in [0.25, 0.3) is 0 Å². The van der Waals surface area contributed by atoms with Gasteiger partial charge in [0.1, 0.15) is 0 Å². The zero-order valence-corrected chi connectivity index (χ0v) is 16.2. The summed E-state index contributed by atoms with van der Waals surface area (Å²) >= 11 is 1.80. The Hall–Kier alpha value is -0.960. The third-order valence-corrected chi connectivity index (χ3v) is 5.73. The number of rotatable bonds is 14. The van der Waals surface area contributed by atoms with Gasteiger partial charge in [0.25, 0.3) is 0 Å². The van der Waals surface area contributed by atoms with Gasteiger partial charge in [-0.3, -0.25) is 4.79 Å². The van der Waals surface area contributed by atoms with Gasteiger partial charge in [-0.25, -0.2) is 0 Å². The Balaban J connectivity index is 2.37. The summed E-state index contributed by atoms with van der Waals surface area (Å²) in [5.41, 5.74) is 0.919. The van der Waals surface area contributed by atoms with Gasteiger partial charge in [-0.05, 0) is 23.7 Å². The summed E-state index contributed by atoms with van der Waals surface area (Å²) in [6.07, 6.45) is 10.5. The van der Waals surface area contributed by atoms with E-state index in [9.17, 15) is 9.90 Å². The summed E-state index contributed by atoms with van der Waals surface area (Å²) in [5, 5.41) is 9.48. The van der Waals surface area contributed by atoms with E-state index >= 15 is 0 Å². The Morgan fingerprint density at radius 1 is 1.00 bits per heavy atom. The van der Waals surface area contributed by atoms with Crippen molar-refractivity contribution in [2.45, 2.75) is 71.1 Å². The summed E-state index contributed by atoms with van der Waals surface area (Å²) < 4.78 is 0. The molecule has 1 rings (SSSR count). The lowest BCUT2D eigenvalue weighted by molar-refractivity contribution is -0.138. The van der Waals surface area contributed by atoms with E-state index < -0.39 is 5.97 Å². The summed E-state index contributed by atoms with van der Waals surface area (Å²) in [5.74, 6) is 1.49. The minimum atomic E-state index is -0.709. The molecule has 24 heavy (non-hydrogen) atoms. The molecule has 2 unspecified atom stereocenters. The molecule has 0 spiro atoms. The van der Waals surface area contributed by atoms with E-state index in [-0.39, 0.29) is 5.92 Å². The summed E-state index contributed by atoms with van der Waals surface area (Å²) in [4.78, 5) is 11.5. The van der Waals surface area contributed by atoms with Crippen molar-refractivity contribution in [1.82, 2.24) is 0 Å². The minimum Gasteiger partial charge on any atom is -0.481 e. The van der Waals surface area contributed by atoms with Gasteiger partial charge in [0.15, 0.2) is 0 Å². The molecule has 0 aromatic heterocycles. The van der Waals surface area contributed by atoms with E-state index in [1.54, 1.807) is 11.8 Å². The molecule has 0 aliphatic carbocycles. The standard InChI is InChI=1S/C21H34O2S/c1-3-5-8-12-18(11-6-4-2)15-16-24-17-20(21(22)23)19-13-9-7-10-14-19/h7,9-10,13-14,18,20H,3-6,8,11-12,15-17H2,1-2H3,(H,22,23). The van der Waals surface area contributed by atoms with E-state index in [2.05, 4.69) is 13.8 Å². The maximum absolute atomic E-state index is 11.5. The second-order valence-electron chi connectivity index (χ2n) is 6.67. The molecular formula is C21H34O2S. The fourth-order valence-corrected chi connectivity index (χ4v) is 4.29. The van der Waals surface area contributed by atoms with Gasteiger partial charge in [0.2, 0.25) is 0 Å². The third kappa shape index (κ3) is 8.77. The SMILES string of the molecule is CCCCCC(CCCC)CCSCC(C(=O)O)c1ccccc1. The van der Waals surface area contributed by atoms with Crippen molar-refractivity contribution in [3.8, 4) is 0 Å². The number of unbranched alkanes of at least 4 members (excludes halogenated alkanes) is 3. The Morgan fingerprint density at radius 2 is 1.67 bits per heavy atom. The van der Waals surface area contributed by atoms with Crippen molar-refractivity contribution < 1.29 is 9.90 Å². The molecule has 1 aromatic carbocycles. The fraction of sp³-hybridized carbons (Fsp3) is 0.667. The van der Waals surface area contributed by atoms with Crippen LogP contribution < -0.4 is 0 Å². The van der Waals surface area contributed by atoms with Crippen LogP contribution in [0, 0.1) is 5.92 Å². The molecule has 0 radical (unpaired) electrons. The van der Waals surface area contributed by atoms with Crippen molar-refractivity contribution in [1.29, 1.82) is 0 Å². The van der Waals surface area contributed by atoms with Gasteiger partial charge in [-0.1, -0.05) is 89.1 Å². The molecule has 0 fully saturated rings. The van der Waals surface area contributed by atoms with Crippen molar-refractivity contribution in [2.75, 3.05) is 11.5 Å². The average molecular weight is 351 g/mol. The van der Waals surface area contributed by atoms with Gasteiger partial charge in [-0.2, -0.15) is 11.8 Å². The molecule has 2 nitrogen and oxygen atoms in total. The molecule has 136 valence electrons. The van der Waals surface area contributed by atoms with Crippen LogP contribution in [0.2, 0.25) is 0 Å². The lowest BCUT2D eigenvalue weighted by Crippen LogP contribution is -2.14. The summed E-state index contributed by atoms with van der Waals surface area (Å²) in [6.45, 7) is 4.52. The number of carboxylic acids is 1. The number of benzene rings is 1. The van der Waals surface area contributed by atoms with Crippen LogP contribution in [-0.4, -0.2) is 22.6 Å². The zero-order valence-electron chi connectivity index (χ0n) is 15.4. The highest BCUT2D eigenvalue weighted by Gasteiger charge is 2.19. The second-order valence-corrected chi connectivity index (χ2v) is 7.82. The van der Waals surface area contributed by atoms with Crippen LogP contribution in [0.1, 0.15) is 76.7 Å². The molecule has 0 aliphatic rings. The molecule has 0 saturated carbocycles. The largest absolute Gasteiger partial charge is 0.481 e. The lowest BCUT2D eigenvalue weighted by atomic mass is 9.93. The molecule has 0 amide bonds. The van der Waals surface area contributed by atoms with E-state index in [1.807, 2.05) is 30.3 Å². The Bertz CT molecular complexity index is 433. The van der Waals surface area contributed by atoms with Crippen LogP contribution in [-0.2, 0) is 4.79 Å². The average Bonchev–Trinajstić information content (AvgIpc) is 2.59.